The monoisotopic (exact) mass is 439 g/mol. The van der Waals surface area contributed by atoms with Crippen LogP contribution in [0.1, 0.15) is 43.2 Å². The van der Waals surface area contributed by atoms with Gasteiger partial charge >= 0.3 is 0 Å². The van der Waals surface area contributed by atoms with Gasteiger partial charge in [0, 0.05) is 4.88 Å². The van der Waals surface area contributed by atoms with Crippen molar-refractivity contribution < 1.29 is 9.53 Å². The first-order chi connectivity index (χ1) is 14.7. The summed E-state index contributed by atoms with van der Waals surface area (Å²) in [4.78, 5) is 32.5. The number of hydrogen-bond donors (Lipinski definition) is 1. The number of rotatable bonds is 4. The topological polar surface area (TPSA) is 73.2 Å². The Morgan fingerprint density at radius 1 is 1.35 bits per heavy atom. The Morgan fingerprint density at radius 2 is 2.13 bits per heavy atom. The molecule has 31 heavy (non-hydrogen) atoms. The fourth-order valence-electron chi connectivity index (χ4n) is 4.32. The Balaban J connectivity index is 1.60. The molecule has 1 aliphatic carbocycles. The van der Waals surface area contributed by atoms with Crippen molar-refractivity contribution in [3.05, 3.63) is 50.9 Å². The summed E-state index contributed by atoms with van der Waals surface area (Å²) in [5, 5.41) is 3.55. The average Bonchev–Trinajstić information content (AvgIpc) is 3.08. The third-order valence-electron chi connectivity index (χ3n) is 6.20. The molecule has 0 bridgehead atoms. The third-order valence-corrected chi connectivity index (χ3v) is 7.37. The smallest absolute Gasteiger partial charge is 0.262 e. The summed E-state index contributed by atoms with van der Waals surface area (Å²) < 4.78 is 6.73. The van der Waals surface area contributed by atoms with Gasteiger partial charge in [0.25, 0.3) is 5.56 Å². The van der Waals surface area contributed by atoms with E-state index in [9.17, 15) is 9.59 Å². The Hall–Kier alpha value is -2.67. The zero-order chi connectivity index (χ0) is 22.3. The molecule has 1 aromatic carbocycles. The Kier molecular flexibility index (Phi) is 5.64. The van der Waals surface area contributed by atoms with Crippen LogP contribution < -0.4 is 15.6 Å². The first-order valence-corrected chi connectivity index (χ1v) is 11.4. The molecule has 6 nitrogen and oxygen atoms in total. The van der Waals surface area contributed by atoms with Crippen LogP contribution in [-0.4, -0.2) is 22.6 Å². The molecule has 4 rings (SSSR count). The molecule has 0 spiro atoms. The van der Waals surface area contributed by atoms with Crippen molar-refractivity contribution in [3.63, 3.8) is 0 Å². The molecular weight excluding hydrogens is 410 g/mol. The maximum atomic E-state index is 13.2. The van der Waals surface area contributed by atoms with Crippen LogP contribution >= 0.6 is 11.3 Å². The number of benzene rings is 1. The summed E-state index contributed by atoms with van der Waals surface area (Å²) >= 11 is 1.63. The molecule has 1 atom stereocenters. The largest absolute Gasteiger partial charge is 0.495 e. The predicted molar refractivity (Wildman–Crippen MR) is 125 cm³/mol. The number of aryl methyl sites for hydroxylation is 2. The van der Waals surface area contributed by atoms with Gasteiger partial charge in [-0.2, -0.15) is 0 Å². The Morgan fingerprint density at radius 3 is 2.84 bits per heavy atom. The number of nitrogens with one attached hydrogen (secondary N) is 1. The highest BCUT2D eigenvalue weighted by atomic mass is 32.1. The summed E-state index contributed by atoms with van der Waals surface area (Å²) in [6.07, 6.45) is 4.45. The van der Waals surface area contributed by atoms with Gasteiger partial charge in [0.15, 0.2) is 0 Å². The lowest BCUT2D eigenvalue weighted by Crippen LogP contribution is -2.29. The molecule has 1 aliphatic rings. The molecule has 7 heteroatoms. The summed E-state index contributed by atoms with van der Waals surface area (Å²) in [7, 11) is 1.56. The van der Waals surface area contributed by atoms with Gasteiger partial charge in [-0.1, -0.05) is 26.8 Å². The standard InChI is InChI=1S/C24H29N3O3S/c1-14-6-9-18(30-5)17(10-14)26-20(28)12-27-13-25-22-21(23(27)29)16-8-7-15(24(2,3)4)11-19(16)31-22/h6,9-10,13,15H,7-8,11-12H2,1-5H3,(H,26,28). The van der Waals surface area contributed by atoms with Crippen LogP contribution in [-0.2, 0) is 24.2 Å². The van der Waals surface area contributed by atoms with E-state index in [0.29, 0.717) is 22.7 Å². The number of hydrogen-bond acceptors (Lipinski definition) is 5. The zero-order valence-corrected chi connectivity index (χ0v) is 19.6. The number of amides is 1. The molecule has 2 heterocycles. The number of thiophene rings is 1. The fraction of sp³-hybridized carbons (Fsp3) is 0.458. The van der Waals surface area contributed by atoms with Gasteiger partial charge in [-0.15, -0.1) is 11.3 Å². The van der Waals surface area contributed by atoms with Crippen LogP contribution in [0, 0.1) is 18.3 Å². The lowest BCUT2D eigenvalue weighted by Gasteiger charge is -2.33. The summed E-state index contributed by atoms with van der Waals surface area (Å²) in [6.45, 7) is 8.70. The van der Waals surface area contributed by atoms with Gasteiger partial charge in [-0.25, -0.2) is 4.98 Å². The van der Waals surface area contributed by atoms with Crippen LogP contribution in [0.5, 0.6) is 5.75 Å². The molecule has 164 valence electrons. The van der Waals surface area contributed by atoms with Crippen molar-refractivity contribution in [1.82, 2.24) is 9.55 Å². The number of carbonyl (C=O) groups excluding carboxylic acids is 1. The minimum absolute atomic E-state index is 0.0892. The van der Waals surface area contributed by atoms with Crippen LogP contribution in [0.25, 0.3) is 10.2 Å². The van der Waals surface area contributed by atoms with E-state index in [-0.39, 0.29) is 23.4 Å². The molecular formula is C24H29N3O3S. The maximum absolute atomic E-state index is 13.2. The molecule has 1 N–H and O–H groups in total. The Bertz CT molecular complexity index is 1200. The maximum Gasteiger partial charge on any atom is 0.262 e. The summed E-state index contributed by atoms with van der Waals surface area (Å²) in [5.74, 6) is 0.898. The summed E-state index contributed by atoms with van der Waals surface area (Å²) in [5.41, 5.74) is 2.85. The quantitative estimate of drug-likeness (QED) is 0.647. The highest BCUT2D eigenvalue weighted by Gasteiger charge is 2.31. The second-order valence-corrected chi connectivity index (χ2v) is 10.5. The van der Waals surface area contributed by atoms with E-state index < -0.39 is 0 Å². The molecule has 1 amide bonds. The number of anilines is 1. The molecule has 1 unspecified atom stereocenters. The number of fused-ring (bicyclic) bond motifs is 3. The molecule has 0 radical (unpaired) electrons. The van der Waals surface area contributed by atoms with Crippen LogP contribution in [0.2, 0.25) is 0 Å². The van der Waals surface area contributed by atoms with Crippen molar-refractivity contribution in [2.75, 3.05) is 12.4 Å². The van der Waals surface area contributed by atoms with Gasteiger partial charge in [0.2, 0.25) is 5.91 Å². The molecule has 0 aliphatic heterocycles. The van der Waals surface area contributed by atoms with Crippen molar-refractivity contribution in [2.24, 2.45) is 11.3 Å². The average molecular weight is 440 g/mol. The van der Waals surface area contributed by atoms with E-state index in [1.54, 1.807) is 18.4 Å². The van der Waals surface area contributed by atoms with Crippen molar-refractivity contribution in [2.45, 2.75) is 53.5 Å². The first kappa shape index (κ1) is 21.6. The highest BCUT2D eigenvalue weighted by molar-refractivity contribution is 7.18. The normalized spacial score (nSPS) is 16.2. The molecule has 2 aromatic heterocycles. The third kappa shape index (κ3) is 4.24. The minimum atomic E-state index is -0.288. The van der Waals surface area contributed by atoms with Crippen LogP contribution in [0.3, 0.4) is 0 Å². The van der Waals surface area contributed by atoms with E-state index in [2.05, 4.69) is 31.1 Å². The highest BCUT2D eigenvalue weighted by Crippen LogP contribution is 2.41. The zero-order valence-electron chi connectivity index (χ0n) is 18.7. The molecule has 0 fully saturated rings. The number of carbonyl (C=O) groups is 1. The number of nitrogens with zero attached hydrogens (tertiary/aromatic N) is 2. The van der Waals surface area contributed by atoms with E-state index in [4.69, 9.17) is 4.74 Å². The van der Waals surface area contributed by atoms with Gasteiger partial charge in [0.1, 0.15) is 17.1 Å². The number of ether oxygens (including phenoxy) is 1. The van der Waals surface area contributed by atoms with Crippen LogP contribution in [0.4, 0.5) is 5.69 Å². The minimum Gasteiger partial charge on any atom is -0.495 e. The summed E-state index contributed by atoms with van der Waals surface area (Å²) in [6, 6.07) is 5.58. The van der Waals surface area contributed by atoms with E-state index in [1.165, 1.54) is 15.8 Å². The number of methoxy groups -OCH3 is 1. The van der Waals surface area contributed by atoms with E-state index in [0.717, 1.165) is 35.2 Å². The SMILES string of the molecule is COc1ccc(C)cc1NC(=O)Cn1cnc2sc3c(c2c1=O)CCC(C(C)(C)C)C3. The first-order valence-electron chi connectivity index (χ1n) is 10.6. The Labute approximate surface area is 186 Å². The predicted octanol–water partition coefficient (Wildman–Crippen LogP) is 4.56. The van der Waals surface area contributed by atoms with Crippen molar-refractivity contribution >= 4 is 33.1 Å². The molecule has 3 aromatic rings. The van der Waals surface area contributed by atoms with Gasteiger partial charge in [-0.05, 0) is 60.8 Å². The number of aromatic nitrogens is 2. The fourth-order valence-corrected chi connectivity index (χ4v) is 5.57. The van der Waals surface area contributed by atoms with E-state index in [1.807, 2.05) is 25.1 Å². The van der Waals surface area contributed by atoms with Gasteiger partial charge in [-0.3, -0.25) is 14.2 Å². The molecule has 0 saturated carbocycles. The lowest BCUT2D eigenvalue weighted by atomic mass is 9.72. The van der Waals surface area contributed by atoms with E-state index >= 15 is 0 Å². The van der Waals surface area contributed by atoms with Crippen molar-refractivity contribution in [3.8, 4) is 5.75 Å². The van der Waals surface area contributed by atoms with Crippen LogP contribution in [0.15, 0.2) is 29.3 Å². The van der Waals surface area contributed by atoms with Gasteiger partial charge < -0.3 is 10.1 Å². The lowest BCUT2D eigenvalue weighted by molar-refractivity contribution is -0.116. The van der Waals surface area contributed by atoms with Crippen molar-refractivity contribution in [1.29, 1.82) is 0 Å². The second-order valence-electron chi connectivity index (χ2n) is 9.42. The van der Waals surface area contributed by atoms with Gasteiger partial charge in [0.05, 0.1) is 24.5 Å². The second kappa shape index (κ2) is 8.11. The molecule has 0 saturated heterocycles.